The minimum absolute atomic E-state index is 0.263. The van der Waals surface area contributed by atoms with Crippen molar-refractivity contribution in [2.24, 2.45) is 16.3 Å². The van der Waals surface area contributed by atoms with E-state index in [0.29, 0.717) is 31.3 Å². The van der Waals surface area contributed by atoms with Gasteiger partial charge in [-0.1, -0.05) is 57.2 Å². The van der Waals surface area contributed by atoms with Crippen molar-refractivity contribution < 1.29 is 9.47 Å². The summed E-state index contributed by atoms with van der Waals surface area (Å²) >= 11 is 1.67. The van der Waals surface area contributed by atoms with E-state index in [2.05, 4.69) is 39.5 Å². The van der Waals surface area contributed by atoms with Crippen molar-refractivity contribution in [1.82, 2.24) is 0 Å². The summed E-state index contributed by atoms with van der Waals surface area (Å²) in [6.45, 7) is 13.8. The number of hydrogen-bond acceptors (Lipinski definition) is 5. The maximum absolute atomic E-state index is 9.94. The van der Waals surface area contributed by atoms with Gasteiger partial charge in [0.2, 0.25) is 0 Å². The molecular weight excluding hydrogens is 476 g/mol. The summed E-state index contributed by atoms with van der Waals surface area (Å²) in [6, 6.07) is 16.6. The lowest BCUT2D eigenvalue weighted by molar-refractivity contribution is 0.218. The molecule has 4 nitrogen and oxygen atoms in total. The van der Waals surface area contributed by atoms with Crippen molar-refractivity contribution in [3.8, 4) is 17.6 Å². The number of thiophene rings is 1. The molecule has 3 aromatic rings. The Balaban J connectivity index is 1.64. The highest BCUT2D eigenvalue weighted by Crippen LogP contribution is 2.45. The Morgan fingerprint density at radius 3 is 2.65 bits per heavy atom. The standard InChI is InChI=1S/C32H36N2O2S/c1-6-11-24-16-23(17-28(35-7-2)30(24)36-21-22-12-9-8-10-13-22)20-34-31-27(19-33)26-15-14-25(32(3,4)5)18-29(26)37-31/h6,8-10,12-13,16-17,20,25H,1,7,11,14-15,18,21H2,2-5H3/t25-/m1/s1. The molecule has 2 aromatic carbocycles. The maximum atomic E-state index is 9.94. The molecule has 192 valence electrons. The minimum Gasteiger partial charge on any atom is -0.490 e. The van der Waals surface area contributed by atoms with Crippen LogP contribution in [-0.2, 0) is 25.9 Å². The first-order chi connectivity index (χ1) is 17.8. The average Bonchev–Trinajstić information content (AvgIpc) is 3.24. The fourth-order valence-electron chi connectivity index (χ4n) is 4.87. The minimum atomic E-state index is 0.263. The van der Waals surface area contributed by atoms with Crippen molar-refractivity contribution >= 4 is 22.6 Å². The van der Waals surface area contributed by atoms with Crippen LogP contribution < -0.4 is 9.47 Å². The van der Waals surface area contributed by atoms with Crippen LogP contribution in [0.25, 0.3) is 0 Å². The monoisotopic (exact) mass is 512 g/mol. The van der Waals surface area contributed by atoms with E-state index >= 15 is 0 Å². The number of ether oxygens (including phenoxy) is 2. The number of nitrogens with zero attached hydrogens (tertiary/aromatic N) is 2. The van der Waals surface area contributed by atoms with Crippen LogP contribution in [0.4, 0.5) is 5.00 Å². The summed E-state index contributed by atoms with van der Waals surface area (Å²) in [5.74, 6) is 2.05. The summed E-state index contributed by atoms with van der Waals surface area (Å²) in [7, 11) is 0. The highest BCUT2D eigenvalue weighted by molar-refractivity contribution is 7.16. The van der Waals surface area contributed by atoms with Crippen LogP contribution >= 0.6 is 11.3 Å². The van der Waals surface area contributed by atoms with Gasteiger partial charge in [0.25, 0.3) is 0 Å². The molecule has 37 heavy (non-hydrogen) atoms. The molecule has 0 unspecified atom stereocenters. The van der Waals surface area contributed by atoms with Gasteiger partial charge in [-0.25, -0.2) is 4.99 Å². The highest BCUT2D eigenvalue weighted by atomic mass is 32.1. The van der Waals surface area contributed by atoms with Crippen molar-refractivity contribution in [2.75, 3.05) is 6.61 Å². The van der Waals surface area contributed by atoms with Gasteiger partial charge in [-0.05, 0) is 72.8 Å². The Morgan fingerprint density at radius 2 is 1.97 bits per heavy atom. The van der Waals surface area contributed by atoms with Crippen LogP contribution in [0.1, 0.15) is 66.8 Å². The molecule has 0 saturated carbocycles. The zero-order valence-corrected chi connectivity index (χ0v) is 23.2. The van der Waals surface area contributed by atoms with Crippen LogP contribution in [0.15, 0.2) is 60.1 Å². The van der Waals surface area contributed by atoms with Crippen molar-refractivity contribution in [2.45, 2.75) is 60.0 Å². The number of aliphatic imine (C=N–C) groups is 1. The number of fused-ring (bicyclic) bond motifs is 1. The molecular formula is C32H36N2O2S. The van der Waals surface area contributed by atoms with E-state index < -0.39 is 0 Å². The van der Waals surface area contributed by atoms with Gasteiger partial charge in [-0.3, -0.25) is 0 Å². The molecule has 4 rings (SSSR count). The third-order valence-electron chi connectivity index (χ3n) is 6.96. The van der Waals surface area contributed by atoms with Gasteiger partial charge in [-0.2, -0.15) is 5.26 Å². The topological polar surface area (TPSA) is 54.6 Å². The number of hydrogen-bond donors (Lipinski definition) is 0. The first-order valence-corrected chi connectivity index (χ1v) is 13.8. The molecule has 1 aliphatic carbocycles. The zero-order chi connectivity index (χ0) is 26.4. The fraction of sp³-hybridized carbons (Fsp3) is 0.375. The van der Waals surface area contributed by atoms with Gasteiger partial charge in [-0.15, -0.1) is 17.9 Å². The number of allylic oxidation sites excluding steroid dienone is 1. The lowest BCUT2D eigenvalue weighted by Crippen LogP contribution is -2.26. The SMILES string of the molecule is C=CCc1cc(C=Nc2sc3c(c2C#N)CC[C@@H](C(C)(C)C)C3)cc(OCC)c1OCc1ccccc1. The molecule has 0 N–H and O–H groups in total. The summed E-state index contributed by atoms with van der Waals surface area (Å²) in [6.07, 6.45) is 7.47. The van der Waals surface area contributed by atoms with E-state index in [9.17, 15) is 5.26 Å². The zero-order valence-electron chi connectivity index (χ0n) is 22.3. The van der Waals surface area contributed by atoms with E-state index in [0.717, 1.165) is 52.3 Å². The first kappa shape index (κ1) is 26.7. The van der Waals surface area contributed by atoms with E-state index in [1.165, 1.54) is 10.4 Å². The Labute approximate surface area is 225 Å². The van der Waals surface area contributed by atoms with E-state index in [1.807, 2.05) is 55.6 Å². The van der Waals surface area contributed by atoms with Crippen LogP contribution in [0.2, 0.25) is 0 Å². The molecule has 0 radical (unpaired) electrons. The van der Waals surface area contributed by atoms with E-state index in [4.69, 9.17) is 14.5 Å². The summed E-state index contributed by atoms with van der Waals surface area (Å²) in [4.78, 5) is 6.14. The van der Waals surface area contributed by atoms with Gasteiger partial charge in [0.1, 0.15) is 17.7 Å². The van der Waals surface area contributed by atoms with Crippen LogP contribution in [0.5, 0.6) is 11.5 Å². The van der Waals surface area contributed by atoms with Crippen LogP contribution in [-0.4, -0.2) is 12.8 Å². The van der Waals surface area contributed by atoms with Gasteiger partial charge in [0.15, 0.2) is 11.5 Å². The normalized spacial score (nSPS) is 15.3. The molecule has 0 spiro atoms. The van der Waals surface area contributed by atoms with Gasteiger partial charge in [0, 0.05) is 16.7 Å². The Bertz CT molecular complexity index is 1310. The van der Waals surface area contributed by atoms with Gasteiger partial charge >= 0.3 is 0 Å². The lowest BCUT2D eigenvalue weighted by atomic mass is 9.72. The van der Waals surface area contributed by atoms with Crippen molar-refractivity contribution in [1.29, 1.82) is 5.26 Å². The van der Waals surface area contributed by atoms with Crippen molar-refractivity contribution in [3.05, 3.63) is 87.8 Å². The molecule has 0 fully saturated rings. The number of benzene rings is 2. The second kappa shape index (κ2) is 11.8. The van der Waals surface area contributed by atoms with Crippen LogP contribution in [0, 0.1) is 22.7 Å². The van der Waals surface area contributed by atoms with Gasteiger partial charge in [0.05, 0.1) is 12.2 Å². The molecule has 1 atom stereocenters. The molecule has 5 heteroatoms. The maximum Gasteiger partial charge on any atom is 0.165 e. The van der Waals surface area contributed by atoms with E-state index in [1.54, 1.807) is 11.3 Å². The second-order valence-corrected chi connectivity index (χ2v) is 11.7. The first-order valence-electron chi connectivity index (χ1n) is 13.0. The lowest BCUT2D eigenvalue weighted by Gasteiger charge is -2.33. The average molecular weight is 513 g/mol. The largest absolute Gasteiger partial charge is 0.490 e. The summed E-state index contributed by atoms with van der Waals surface area (Å²) < 4.78 is 12.2. The summed E-state index contributed by atoms with van der Waals surface area (Å²) in [5, 5.41) is 10.7. The Kier molecular flexibility index (Phi) is 8.51. The fourth-order valence-corrected chi connectivity index (χ4v) is 6.09. The van der Waals surface area contributed by atoms with Crippen LogP contribution in [0.3, 0.4) is 0 Å². The molecule has 1 aliphatic rings. The quantitative estimate of drug-likeness (QED) is 0.214. The third-order valence-corrected chi connectivity index (χ3v) is 8.12. The highest BCUT2D eigenvalue weighted by Gasteiger charge is 2.32. The Morgan fingerprint density at radius 1 is 1.19 bits per heavy atom. The van der Waals surface area contributed by atoms with E-state index in [-0.39, 0.29) is 5.41 Å². The smallest absolute Gasteiger partial charge is 0.165 e. The van der Waals surface area contributed by atoms with Gasteiger partial charge < -0.3 is 9.47 Å². The Hall–Kier alpha value is -3.36. The van der Waals surface area contributed by atoms with Crippen molar-refractivity contribution in [3.63, 3.8) is 0 Å². The second-order valence-electron chi connectivity index (χ2n) is 10.6. The predicted molar refractivity (Wildman–Crippen MR) is 154 cm³/mol. The molecule has 0 amide bonds. The molecule has 0 aliphatic heterocycles. The summed E-state index contributed by atoms with van der Waals surface area (Å²) in [5.41, 5.74) is 5.21. The molecule has 1 heterocycles. The molecule has 0 saturated heterocycles. The number of rotatable bonds is 9. The molecule has 0 bridgehead atoms. The molecule has 1 aromatic heterocycles. The number of nitriles is 1. The predicted octanol–water partition coefficient (Wildman–Crippen LogP) is 8.23. The third kappa shape index (κ3) is 6.32.